The third-order valence-electron chi connectivity index (χ3n) is 1.44. The molecule has 0 unspecified atom stereocenters. The van der Waals surface area contributed by atoms with Crippen LogP contribution in [0.5, 0.6) is 0 Å². The number of carbonyl (C=O) groups excluding carboxylic acids is 1. The molecule has 0 saturated carbocycles. The van der Waals surface area contributed by atoms with Crippen LogP contribution in [0.4, 0.5) is 5.82 Å². The van der Waals surface area contributed by atoms with Gasteiger partial charge >= 0.3 is 5.97 Å². The van der Waals surface area contributed by atoms with Crippen LogP contribution in [0.1, 0.15) is 6.92 Å². The second-order valence-corrected chi connectivity index (χ2v) is 2.88. The van der Waals surface area contributed by atoms with E-state index in [9.17, 15) is 4.79 Å². The monoisotopic (exact) mass is 227 g/mol. The number of hydrogen-bond acceptors (Lipinski definition) is 5. The van der Waals surface area contributed by atoms with Gasteiger partial charge in [0.25, 0.3) is 0 Å². The number of carbonyl (C=O) groups is 1. The zero-order valence-electron chi connectivity index (χ0n) is 8.16. The fourth-order valence-corrected chi connectivity index (χ4v) is 0.969. The van der Waals surface area contributed by atoms with Crippen LogP contribution >= 0.6 is 11.6 Å². The van der Waals surface area contributed by atoms with Gasteiger partial charge in [0.2, 0.25) is 0 Å². The SMILES string of the molecule is C=C(Nc1nccnc1Cl)C(=O)OCC. The Morgan fingerprint density at radius 3 is 2.87 bits per heavy atom. The van der Waals surface area contributed by atoms with E-state index in [1.165, 1.54) is 12.4 Å². The molecule has 80 valence electrons. The Balaban J connectivity index is 2.67. The lowest BCUT2D eigenvalue weighted by Gasteiger charge is -2.07. The molecule has 1 heterocycles. The van der Waals surface area contributed by atoms with Crippen molar-refractivity contribution in [3.63, 3.8) is 0 Å². The maximum Gasteiger partial charge on any atom is 0.354 e. The van der Waals surface area contributed by atoms with Gasteiger partial charge in [-0.25, -0.2) is 14.8 Å². The second-order valence-electron chi connectivity index (χ2n) is 2.52. The molecule has 0 aliphatic heterocycles. The van der Waals surface area contributed by atoms with Crippen LogP contribution in [0.2, 0.25) is 5.15 Å². The van der Waals surface area contributed by atoms with Gasteiger partial charge in [0, 0.05) is 12.4 Å². The maximum atomic E-state index is 11.2. The van der Waals surface area contributed by atoms with E-state index >= 15 is 0 Å². The second kappa shape index (κ2) is 5.31. The Hall–Kier alpha value is -1.62. The Bertz CT molecular complexity index is 381. The molecule has 15 heavy (non-hydrogen) atoms. The number of nitrogens with zero attached hydrogens (tertiary/aromatic N) is 2. The fourth-order valence-electron chi connectivity index (χ4n) is 0.817. The highest BCUT2D eigenvalue weighted by atomic mass is 35.5. The topological polar surface area (TPSA) is 64.1 Å². The summed E-state index contributed by atoms with van der Waals surface area (Å²) in [7, 11) is 0. The lowest BCUT2D eigenvalue weighted by atomic mass is 10.5. The number of aromatic nitrogens is 2. The molecule has 0 radical (unpaired) electrons. The highest BCUT2D eigenvalue weighted by Gasteiger charge is 2.10. The Morgan fingerprint density at radius 1 is 1.60 bits per heavy atom. The number of halogens is 1. The summed E-state index contributed by atoms with van der Waals surface area (Å²) in [5.41, 5.74) is 0.0688. The van der Waals surface area contributed by atoms with Crippen LogP contribution in [0.3, 0.4) is 0 Å². The molecule has 0 spiro atoms. The minimum absolute atomic E-state index is 0.0688. The molecule has 1 aromatic heterocycles. The van der Waals surface area contributed by atoms with Gasteiger partial charge in [0.05, 0.1) is 6.61 Å². The number of hydrogen-bond donors (Lipinski definition) is 1. The van der Waals surface area contributed by atoms with Crippen LogP contribution in [0.25, 0.3) is 0 Å². The molecule has 0 aliphatic rings. The molecule has 1 rings (SSSR count). The molecule has 1 aromatic rings. The Labute approximate surface area is 92.1 Å². The van der Waals surface area contributed by atoms with Crippen molar-refractivity contribution in [1.29, 1.82) is 0 Å². The predicted octanol–water partition coefficient (Wildman–Crippen LogP) is 1.62. The van der Waals surface area contributed by atoms with E-state index in [1.54, 1.807) is 6.92 Å². The zero-order chi connectivity index (χ0) is 11.3. The molecule has 0 atom stereocenters. The molecule has 0 bridgehead atoms. The van der Waals surface area contributed by atoms with Crippen molar-refractivity contribution in [2.75, 3.05) is 11.9 Å². The van der Waals surface area contributed by atoms with Gasteiger partial charge in [-0.1, -0.05) is 18.2 Å². The highest BCUT2D eigenvalue weighted by molar-refractivity contribution is 6.31. The van der Waals surface area contributed by atoms with E-state index in [4.69, 9.17) is 16.3 Å². The summed E-state index contributed by atoms with van der Waals surface area (Å²) < 4.78 is 4.72. The van der Waals surface area contributed by atoms with Crippen LogP contribution in [-0.2, 0) is 9.53 Å². The third-order valence-corrected chi connectivity index (χ3v) is 1.72. The first-order chi connectivity index (χ1) is 7.15. The van der Waals surface area contributed by atoms with E-state index in [0.29, 0.717) is 0 Å². The smallest absolute Gasteiger partial charge is 0.354 e. The maximum absolute atomic E-state index is 11.2. The van der Waals surface area contributed by atoms with Crippen molar-refractivity contribution in [2.45, 2.75) is 6.92 Å². The average Bonchev–Trinajstić information content (AvgIpc) is 2.21. The summed E-state index contributed by atoms with van der Waals surface area (Å²) in [6.45, 7) is 5.49. The van der Waals surface area contributed by atoms with Gasteiger partial charge in [0.1, 0.15) is 5.70 Å². The summed E-state index contributed by atoms with van der Waals surface area (Å²) in [6.07, 6.45) is 2.90. The number of esters is 1. The van der Waals surface area contributed by atoms with Crippen LogP contribution in [0, 0.1) is 0 Å². The first-order valence-corrected chi connectivity index (χ1v) is 4.62. The van der Waals surface area contributed by atoms with Crippen LogP contribution < -0.4 is 5.32 Å². The number of rotatable bonds is 4. The normalized spacial score (nSPS) is 9.47. The van der Waals surface area contributed by atoms with Gasteiger partial charge in [-0.2, -0.15) is 0 Å². The van der Waals surface area contributed by atoms with E-state index in [2.05, 4.69) is 21.9 Å². The highest BCUT2D eigenvalue weighted by Crippen LogP contribution is 2.15. The summed E-state index contributed by atoms with van der Waals surface area (Å²) in [5, 5.41) is 2.79. The van der Waals surface area contributed by atoms with Gasteiger partial charge in [-0.3, -0.25) is 0 Å². The standard InChI is InChI=1S/C9H10ClN3O2/c1-3-15-9(14)6(2)13-8-7(10)11-4-5-12-8/h4-5H,2-3H2,1H3,(H,12,13). The van der Waals surface area contributed by atoms with Gasteiger partial charge in [0.15, 0.2) is 11.0 Å². The lowest BCUT2D eigenvalue weighted by molar-refractivity contribution is -0.138. The first-order valence-electron chi connectivity index (χ1n) is 4.24. The quantitative estimate of drug-likeness (QED) is 0.626. The van der Waals surface area contributed by atoms with Crippen molar-refractivity contribution in [2.24, 2.45) is 0 Å². The molecule has 0 aliphatic carbocycles. The summed E-state index contributed by atoms with van der Waals surface area (Å²) in [6, 6.07) is 0. The van der Waals surface area contributed by atoms with E-state index in [0.717, 1.165) is 0 Å². The van der Waals surface area contributed by atoms with E-state index < -0.39 is 5.97 Å². The van der Waals surface area contributed by atoms with Crippen molar-refractivity contribution in [3.05, 3.63) is 29.8 Å². The summed E-state index contributed by atoms with van der Waals surface area (Å²) in [4.78, 5) is 18.9. The van der Waals surface area contributed by atoms with Crippen molar-refractivity contribution in [3.8, 4) is 0 Å². The van der Waals surface area contributed by atoms with Crippen molar-refractivity contribution in [1.82, 2.24) is 9.97 Å². The lowest BCUT2D eigenvalue weighted by Crippen LogP contribution is -2.14. The molecule has 0 aromatic carbocycles. The zero-order valence-corrected chi connectivity index (χ0v) is 8.91. The summed E-state index contributed by atoms with van der Waals surface area (Å²) >= 11 is 5.72. The molecule has 1 N–H and O–H groups in total. The minimum atomic E-state index is -0.542. The molecular formula is C9H10ClN3O2. The Morgan fingerprint density at radius 2 is 2.27 bits per heavy atom. The van der Waals surface area contributed by atoms with Gasteiger partial charge in [-0.15, -0.1) is 0 Å². The number of anilines is 1. The average molecular weight is 228 g/mol. The van der Waals surface area contributed by atoms with Crippen LogP contribution in [-0.4, -0.2) is 22.5 Å². The molecular weight excluding hydrogens is 218 g/mol. The molecule has 6 heteroatoms. The molecule has 5 nitrogen and oxygen atoms in total. The van der Waals surface area contributed by atoms with Crippen molar-refractivity contribution < 1.29 is 9.53 Å². The largest absolute Gasteiger partial charge is 0.461 e. The van der Waals surface area contributed by atoms with Gasteiger partial charge < -0.3 is 10.1 Å². The van der Waals surface area contributed by atoms with Crippen LogP contribution in [0.15, 0.2) is 24.7 Å². The summed E-state index contributed by atoms with van der Waals surface area (Å²) in [5.74, 6) is -0.267. The molecule has 0 amide bonds. The van der Waals surface area contributed by atoms with Gasteiger partial charge in [-0.05, 0) is 6.92 Å². The predicted molar refractivity (Wildman–Crippen MR) is 56.4 cm³/mol. The first kappa shape index (κ1) is 11.5. The minimum Gasteiger partial charge on any atom is -0.461 e. The van der Waals surface area contributed by atoms with E-state index in [-0.39, 0.29) is 23.3 Å². The molecule has 0 saturated heterocycles. The van der Waals surface area contributed by atoms with Crippen molar-refractivity contribution >= 4 is 23.4 Å². The third kappa shape index (κ3) is 3.21. The number of nitrogens with one attached hydrogen (secondary N) is 1. The number of ether oxygens (including phenoxy) is 1. The molecule has 0 fully saturated rings. The van der Waals surface area contributed by atoms with E-state index in [1.807, 2.05) is 0 Å². The fraction of sp³-hybridized carbons (Fsp3) is 0.222. The Kier molecular flexibility index (Phi) is 4.05.